The van der Waals surface area contributed by atoms with Crippen molar-refractivity contribution in [2.75, 3.05) is 18.4 Å². The van der Waals surface area contributed by atoms with Crippen molar-refractivity contribution in [3.8, 4) is 16.9 Å². The Morgan fingerprint density at radius 3 is 2.37 bits per heavy atom. The molecule has 0 bridgehead atoms. The van der Waals surface area contributed by atoms with Crippen molar-refractivity contribution >= 4 is 17.6 Å². The third-order valence-corrected chi connectivity index (χ3v) is 5.78. The minimum Gasteiger partial charge on any atom is -0.333 e. The molecule has 6 heteroatoms. The van der Waals surface area contributed by atoms with E-state index in [2.05, 4.69) is 25.2 Å². The van der Waals surface area contributed by atoms with Gasteiger partial charge in [0.25, 0.3) is 0 Å². The van der Waals surface area contributed by atoms with Gasteiger partial charge in [0, 0.05) is 24.6 Å². The van der Waals surface area contributed by atoms with E-state index in [1.165, 1.54) is 0 Å². The van der Waals surface area contributed by atoms with Crippen LogP contribution in [0.1, 0.15) is 58.1 Å². The van der Waals surface area contributed by atoms with E-state index in [0.29, 0.717) is 18.8 Å². The first-order chi connectivity index (χ1) is 16.6. The highest BCUT2D eigenvalue weighted by Crippen LogP contribution is 2.27. The number of hydrogen-bond acceptors (Lipinski definition) is 3. The Labute approximate surface area is 209 Å². The standard InChI is InChI=1S/C29H38N4O2/c1-7-8-16-32(28(35)19-29(4,5)6)20-27(34)30-26-18-24(23-12-10-9-11-13-23)31-33(26)25-15-14-21(2)17-22(25)3/h9-15,17-18H,7-8,16,19-20H2,1-6H3,(H,30,34). The smallest absolute Gasteiger partial charge is 0.245 e. The number of carbonyl (C=O) groups is 2. The summed E-state index contributed by atoms with van der Waals surface area (Å²) >= 11 is 0. The number of benzene rings is 2. The number of anilines is 1. The monoisotopic (exact) mass is 474 g/mol. The number of nitrogens with one attached hydrogen (secondary N) is 1. The van der Waals surface area contributed by atoms with E-state index in [1.54, 1.807) is 9.58 Å². The molecule has 0 aliphatic carbocycles. The second-order valence-corrected chi connectivity index (χ2v) is 10.4. The zero-order valence-corrected chi connectivity index (χ0v) is 21.9. The average Bonchev–Trinajstić information content (AvgIpc) is 3.19. The molecule has 0 aliphatic heterocycles. The van der Waals surface area contributed by atoms with Crippen LogP contribution < -0.4 is 5.32 Å². The second kappa shape index (κ2) is 11.3. The van der Waals surface area contributed by atoms with Crippen LogP contribution in [0.2, 0.25) is 0 Å². The molecule has 2 aromatic carbocycles. The summed E-state index contributed by atoms with van der Waals surface area (Å²) in [4.78, 5) is 27.8. The molecule has 186 valence electrons. The van der Waals surface area contributed by atoms with Gasteiger partial charge in [0.15, 0.2) is 0 Å². The van der Waals surface area contributed by atoms with Crippen LogP contribution in [0.15, 0.2) is 54.6 Å². The van der Waals surface area contributed by atoms with Gasteiger partial charge in [0.1, 0.15) is 5.82 Å². The molecule has 35 heavy (non-hydrogen) atoms. The van der Waals surface area contributed by atoms with Gasteiger partial charge in [-0.05, 0) is 37.3 Å². The van der Waals surface area contributed by atoms with Crippen LogP contribution in [0.25, 0.3) is 16.9 Å². The average molecular weight is 475 g/mol. The number of aromatic nitrogens is 2. The predicted molar refractivity (Wildman–Crippen MR) is 143 cm³/mol. The quantitative estimate of drug-likeness (QED) is 0.404. The number of aryl methyl sites for hydroxylation is 2. The summed E-state index contributed by atoms with van der Waals surface area (Å²) in [5, 5.41) is 7.86. The van der Waals surface area contributed by atoms with Gasteiger partial charge in [-0.1, -0.05) is 82.1 Å². The third-order valence-electron chi connectivity index (χ3n) is 5.78. The molecule has 0 radical (unpaired) electrons. The van der Waals surface area contributed by atoms with Crippen molar-refractivity contribution < 1.29 is 9.59 Å². The first kappa shape index (κ1) is 26.2. The summed E-state index contributed by atoms with van der Waals surface area (Å²) in [6.07, 6.45) is 2.23. The van der Waals surface area contributed by atoms with Crippen molar-refractivity contribution in [2.24, 2.45) is 5.41 Å². The molecule has 2 amide bonds. The van der Waals surface area contributed by atoms with Gasteiger partial charge in [-0.25, -0.2) is 4.68 Å². The SMILES string of the molecule is CCCCN(CC(=O)Nc1cc(-c2ccccc2)nn1-c1ccc(C)cc1C)C(=O)CC(C)(C)C. The lowest BCUT2D eigenvalue weighted by Crippen LogP contribution is -2.40. The highest BCUT2D eigenvalue weighted by molar-refractivity contribution is 5.94. The molecule has 3 rings (SSSR count). The lowest BCUT2D eigenvalue weighted by Gasteiger charge is -2.26. The summed E-state index contributed by atoms with van der Waals surface area (Å²) in [6, 6.07) is 17.9. The summed E-state index contributed by atoms with van der Waals surface area (Å²) in [6.45, 7) is 12.9. The van der Waals surface area contributed by atoms with Crippen LogP contribution in [0, 0.1) is 19.3 Å². The van der Waals surface area contributed by atoms with E-state index in [1.807, 2.05) is 76.2 Å². The fourth-order valence-corrected chi connectivity index (χ4v) is 4.01. The predicted octanol–water partition coefficient (Wildman–Crippen LogP) is 6.16. The van der Waals surface area contributed by atoms with Gasteiger partial charge in [-0.2, -0.15) is 5.10 Å². The Morgan fingerprint density at radius 1 is 1.03 bits per heavy atom. The number of rotatable bonds is 9. The van der Waals surface area contributed by atoms with Crippen molar-refractivity contribution in [1.82, 2.24) is 14.7 Å². The Kier molecular flexibility index (Phi) is 8.49. The topological polar surface area (TPSA) is 67.2 Å². The number of unbranched alkanes of at least 4 members (excludes halogenated alkanes) is 1. The van der Waals surface area contributed by atoms with Crippen LogP contribution in [0.5, 0.6) is 0 Å². The van der Waals surface area contributed by atoms with E-state index in [-0.39, 0.29) is 23.8 Å². The third kappa shape index (κ3) is 7.28. The minimum atomic E-state index is -0.228. The van der Waals surface area contributed by atoms with E-state index in [0.717, 1.165) is 40.9 Å². The summed E-state index contributed by atoms with van der Waals surface area (Å²) in [5.41, 5.74) is 4.73. The second-order valence-electron chi connectivity index (χ2n) is 10.4. The fraction of sp³-hybridized carbons (Fsp3) is 0.414. The number of carbonyl (C=O) groups excluding carboxylic acids is 2. The minimum absolute atomic E-state index is 0.00830. The first-order valence-electron chi connectivity index (χ1n) is 12.4. The van der Waals surface area contributed by atoms with Gasteiger partial charge in [-0.3, -0.25) is 9.59 Å². The maximum Gasteiger partial charge on any atom is 0.245 e. The Balaban J connectivity index is 1.90. The summed E-state index contributed by atoms with van der Waals surface area (Å²) in [5.74, 6) is 0.363. The van der Waals surface area contributed by atoms with E-state index < -0.39 is 0 Å². The molecule has 1 heterocycles. The van der Waals surface area contributed by atoms with Crippen LogP contribution in [-0.4, -0.2) is 39.6 Å². The highest BCUT2D eigenvalue weighted by Gasteiger charge is 2.23. The fourth-order valence-electron chi connectivity index (χ4n) is 4.01. The van der Waals surface area contributed by atoms with Crippen LogP contribution in [0.3, 0.4) is 0 Å². The van der Waals surface area contributed by atoms with Gasteiger partial charge in [0.2, 0.25) is 11.8 Å². The van der Waals surface area contributed by atoms with E-state index in [9.17, 15) is 9.59 Å². The van der Waals surface area contributed by atoms with E-state index in [4.69, 9.17) is 5.10 Å². The number of amides is 2. The van der Waals surface area contributed by atoms with E-state index >= 15 is 0 Å². The Morgan fingerprint density at radius 2 is 1.74 bits per heavy atom. The molecule has 0 aliphatic rings. The zero-order chi connectivity index (χ0) is 25.6. The zero-order valence-electron chi connectivity index (χ0n) is 21.9. The lowest BCUT2D eigenvalue weighted by atomic mass is 9.91. The van der Waals surface area contributed by atoms with Gasteiger partial charge in [0.05, 0.1) is 17.9 Å². The maximum absolute atomic E-state index is 13.2. The van der Waals surface area contributed by atoms with Gasteiger partial charge in [-0.15, -0.1) is 0 Å². The summed E-state index contributed by atoms with van der Waals surface area (Å²) in [7, 11) is 0. The van der Waals surface area contributed by atoms with Crippen molar-refractivity contribution in [1.29, 1.82) is 0 Å². The number of nitrogens with zero attached hydrogens (tertiary/aromatic N) is 3. The van der Waals surface area contributed by atoms with Crippen LogP contribution >= 0.6 is 0 Å². The molecule has 3 aromatic rings. The molecule has 0 spiro atoms. The molecule has 0 atom stereocenters. The normalized spacial score (nSPS) is 11.4. The van der Waals surface area contributed by atoms with Gasteiger partial charge >= 0.3 is 0 Å². The summed E-state index contributed by atoms with van der Waals surface area (Å²) < 4.78 is 1.78. The van der Waals surface area contributed by atoms with Gasteiger partial charge < -0.3 is 10.2 Å². The Bertz CT molecular complexity index is 1160. The van der Waals surface area contributed by atoms with Crippen LogP contribution in [0.4, 0.5) is 5.82 Å². The maximum atomic E-state index is 13.2. The number of hydrogen-bond donors (Lipinski definition) is 1. The van der Waals surface area contributed by atoms with Crippen molar-refractivity contribution in [3.05, 3.63) is 65.7 Å². The van der Waals surface area contributed by atoms with Crippen LogP contribution in [-0.2, 0) is 9.59 Å². The molecule has 0 unspecified atom stereocenters. The molecule has 1 N–H and O–H groups in total. The largest absolute Gasteiger partial charge is 0.333 e. The molecule has 0 saturated carbocycles. The van der Waals surface area contributed by atoms with Crippen molar-refractivity contribution in [2.45, 2.75) is 60.8 Å². The lowest BCUT2D eigenvalue weighted by molar-refractivity contribution is -0.136. The molecular weight excluding hydrogens is 436 g/mol. The molecule has 0 fully saturated rings. The molecular formula is C29H38N4O2. The molecule has 1 aromatic heterocycles. The Hall–Kier alpha value is -3.41. The molecule has 0 saturated heterocycles. The van der Waals surface area contributed by atoms with Crippen molar-refractivity contribution in [3.63, 3.8) is 0 Å². The molecule has 6 nitrogen and oxygen atoms in total. The highest BCUT2D eigenvalue weighted by atomic mass is 16.2. The first-order valence-corrected chi connectivity index (χ1v) is 12.4.